The first-order chi connectivity index (χ1) is 5.83. The predicted octanol–water partition coefficient (Wildman–Crippen LogP) is -0.236. The number of aliphatic hydroxyl groups is 2. The summed E-state index contributed by atoms with van der Waals surface area (Å²) in [5, 5.41) is 18.6. The molecule has 0 saturated carbocycles. The summed E-state index contributed by atoms with van der Waals surface area (Å²) in [6.07, 6.45) is 1.36. The Morgan fingerprint density at radius 2 is 1.92 bits per heavy atom. The minimum atomic E-state index is -1.78. The molecule has 0 heterocycles. The Bertz CT molecular complexity index is 219. The molecule has 1 amide bonds. The van der Waals surface area contributed by atoms with Crippen molar-refractivity contribution in [2.75, 3.05) is 20.7 Å². The molecule has 0 radical (unpaired) electrons. The zero-order valence-corrected chi connectivity index (χ0v) is 8.53. The molecule has 0 bridgehead atoms. The van der Waals surface area contributed by atoms with Crippen molar-refractivity contribution in [3.05, 3.63) is 11.6 Å². The van der Waals surface area contributed by atoms with Gasteiger partial charge in [0.15, 0.2) is 5.60 Å². The van der Waals surface area contributed by atoms with Gasteiger partial charge < -0.3 is 15.1 Å². The van der Waals surface area contributed by atoms with Crippen LogP contribution in [0.1, 0.15) is 13.8 Å². The van der Waals surface area contributed by atoms with Crippen molar-refractivity contribution in [2.24, 2.45) is 0 Å². The Kier molecular flexibility index (Phi) is 4.10. The summed E-state index contributed by atoms with van der Waals surface area (Å²) >= 11 is 0. The quantitative estimate of drug-likeness (QED) is 0.600. The Balaban J connectivity index is 4.84. The molecule has 0 rings (SSSR count). The van der Waals surface area contributed by atoms with Crippen molar-refractivity contribution < 1.29 is 15.0 Å². The first-order valence-corrected chi connectivity index (χ1v) is 4.04. The van der Waals surface area contributed by atoms with Crippen LogP contribution in [0, 0.1) is 0 Å². The van der Waals surface area contributed by atoms with Crippen LogP contribution in [-0.2, 0) is 4.79 Å². The second-order valence-electron chi connectivity index (χ2n) is 3.50. The Morgan fingerprint density at radius 1 is 1.46 bits per heavy atom. The zero-order chi connectivity index (χ0) is 10.6. The van der Waals surface area contributed by atoms with Crippen LogP contribution < -0.4 is 0 Å². The molecule has 0 spiro atoms. The highest BCUT2D eigenvalue weighted by atomic mass is 16.3. The Morgan fingerprint density at radius 3 is 2.15 bits per heavy atom. The van der Waals surface area contributed by atoms with E-state index in [1.54, 1.807) is 13.8 Å². The number of hydrogen-bond acceptors (Lipinski definition) is 3. The molecule has 76 valence electrons. The number of aliphatic hydroxyl groups excluding tert-OH is 1. The average molecular weight is 187 g/mol. The molecule has 0 aromatic rings. The van der Waals surface area contributed by atoms with E-state index < -0.39 is 18.1 Å². The second-order valence-corrected chi connectivity index (χ2v) is 3.50. The van der Waals surface area contributed by atoms with Crippen LogP contribution in [0.25, 0.3) is 0 Å². The van der Waals surface area contributed by atoms with Gasteiger partial charge in [-0.3, -0.25) is 4.79 Å². The lowest BCUT2D eigenvalue weighted by Gasteiger charge is -2.25. The lowest BCUT2D eigenvalue weighted by Crippen LogP contribution is -2.47. The molecule has 0 fully saturated rings. The number of rotatable bonds is 3. The molecule has 4 nitrogen and oxygen atoms in total. The topological polar surface area (TPSA) is 60.8 Å². The number of hydrogen-bond donors (Lipinski definition) is 2. The molecule has 1 unspecified atom stereocenters. The van der Waals surface area contributed by atoms with Crippen molar-refractivity contribution in [3.63, 3.8) is 0 Å². The third-order valence-corrected chi connectivity index (χ3v) is 1.55. The number of amides is 1. The summed E-state index contributed by atoms with van der Waals surface area (Å²) in [5.74, 6) is -0.517. The molecule has 0 aromatic carbocycles. The Labute approximate surface area is 78.5 Å². The monoisotopic (exact) mass is 187 g/mol. The molecule has 0 aliphatic heterocycles. The minimum Gasteiger partial charge on any atom is -0.392 e. The molecule has 13 heavy (non-hydrogen) atoms. The fourth-order valence-electron chi connectivity index (χ4n) is 1.04. The van der Waals surface area contributed by atoms with E-state index in [4.69, 9.17) is 5.11 Å². The van der Waals surface area contributed by atoms with Gasteiger partial charge in [0.2, 0.25) is 0 Å². The molecular formula is C9H17NO3. The smallest absolute Gasteiger partial charge is 0.260 e. The van der Waals surface area contributed by atoms with E-state index in [9.17, 15) is 9.90 Å². The third-order valence-electron chi connectivity index (χ3n) is 1.55. The first kappa shape index (κ1) is 12.1. The summed E-state index contributed by atoms with van der Waals surface area (Å²) in [7, 11) is 3.06. The fraction of sp³-hybridized carbons (Fsp3) is 0.667. The van der Waals surface area contributed by atoms with Gasteiger partial charge in [-0.05, 0) is 19.9 Å². The van der Waals surface area contributed by atoms with Crippen molar-refractivity contribution in [1.82, 2.24) is 4.90 Å². The molecular weight excluding hydrogens is 170 g/mol. The standard InChI is InChI=1S/C9H17NO3/c1-7(2)5-9(13,6-11)8(12)10(3)4/h5,11,13H,6H2,1-4H3. The number of carbonyl (C=O) groups excluding carboxylic acids is 1. The molecule has 2 N–H and O–H groups in total. The maximum Gasteiger partial charge on any atom is 0.260 e. The summed E-state index contributed by atoms with van der Waals surface area (Å²) < 4.78 is 0. The van der Waals surface area contributed by atoms with Gasteiger partial charge in [0.05, 0.1) is 6.61 Å². The molecule has 0 aliphatic carbocycles. The number of likely N-dealkylation sites (N-methyl/N-ethyl adjacent to an activating group) is 1. The van der Waals surface area contributed by atoms with Gasteiger partial charge in [-0.25, -0.2) is 0 Å². The van der Waals surface area contributed by atoms with Crippen molar-refractivity contribution in [2.45, 2.75) is 19.4 Å². The largest absolute Gasteiger partial charge is 0.392 e. The van der Waals surface area contributed by atoms with Gasteiger partial charge in [-0.15, -0.1) is 0 Å². The van der Waals surface area contributed by atoms with Crippen molar-refractivity contribution in [3.8, 4) is 0 Å². The summed E-state index contributed by atoms with van der Waals surface area (Å²) in [6, 6.07) is 0. The van der Waals surface area contributed by atoms with Crippen LogP contribution in [-0.4, -0.2) is 47.3 Å². The van der Waals surface area contributed by atoms with Crippen LogP contribution in [0.2, 0.25) is 0 Å². The van der Waals surface area contributed by atoms with Crippen LogP contribution in [0.5, 0.6) is 0 Å². The third kappa shape index (κ3) is 3.16. The van der Waals surface area contributed by atoms with Crippen molar-refractivity contribution >= 4 is 5.91 Å². The van der Waals surface area contributed by atoms with E-state index in [1.165, 1.54) is 25.1 Å². The van der Waals surface area contributed by atoms with Crippen LogP contribution >= 0.6 is 0 Å². The minimum absolute atomic E-state index is 0.517. The predicted molar refractivity (Wildman–Crippen MR) is 50.2 cm³/mol. The highest BCUT2D eigenvalue weighted by Gasteiger charge is 2.33. The average Bonchev–Trinajstić information content (AvgIpc) is 2.01. The van der Waals surface area contributed by atoms with Crippen molar-refractivity contribution in [1.29, 1.82) is 0 Å². The van der Waals surface area contributed by atoms with E-state index in [0.717, 1.165) is 5.57 Å². The van der Waals surface area contributed by atoms with E-state index in [1.807, 2.05) is 0 Å². The van der Waals surface area contributed by atoms with E-state index in [-0.39, 0.29) is 0 Å². The molecule has 0 saturated heterocycles. The lowest BCUT2D eigenvalue weighted by atomic mass is 10.0. The normalized spacial score (nSPS) is 14.6. The van der Waals surface area contributed by atoms with Gasteiger partial charge in [0.25, 0.3) is 5.91 Å². The van der Waals surface area contributed by atoms with Gasteiger partial charge in [0.1, 0.15) is 0 Å². The van der Waals surface area contributed by atoms with Gasteiger partial charge in [0, 0.05) is 14.1 Å². The number of nitrogens with zero attached hydrogens (tertiary/aromatic N) is 1. The highest BCUT2D eigenvalue weighted by Crippen LogP contribution is 2.11. The highest BCUT2D eigenvalue weighted by molar-refractivity contribution is 5.87. The molecule has 0 aliphatic rings. The SMILES string of the molecule is CC(C)=CC(O)(CO)C(=O)N(C)C. The molecule has 4 heteroatoms. The molecule has 1 atom stereocenters. The fourth-order valence-corrected chi connectivity index (χ4v) is 1.04. The maximum absolute atomic E-state index is 11.4. The first-order valence-electron chi connectivity index (χ1n) is 4.04. The summed E-state index contributed by atoms with van der Waals surface area (Å²) in [4.78, 5) is 12.6. The van der Waals surface area contributed by atoms with Crippen LogP contribution in [0.15, 0.2) is 11.6 Å². The second kappa shape index (κ2) is 4.39. The van der Waals surface area contributed by atoms with Gasteiger partial charge in [-0.1, -0.05) is 5.57 Å². The number of allylic oxidation sites excluding steroid dienone is 1. The molecule has 0 aromatic heterocycles. The van der Waals surface area contributed by atoms with E-state index >= 15 is 0 Å². The maximum atomic E-state index is 11.4. The van der Waals surface area contributed by atoms with Crippen LogP contribution in [0.4, 0.5) is 0 Å². The summed E-state index contributed by atoms with van der Waals surface area (Å²) in [5.41, 5.74) is -0.991. The van der Waals surface area contributed by atoms with E-state index in [2.05, 4.69) is 0 Å². The summed E-state index contributed by atoms with van der Waals surface area (Å²) in [6.45, 7) is 2.91. The van der Waals surface area contributed by atoms with Gasteiger partial charge >= 0.3 is 0 Å². The van der Waals surface area contributed by atoms with E-state index in [0.29, 0.717) is 0 Å². The van der Waals surface area contributed by atoms with Crippen LogP contribution in [0.3, 0.4) is 0 Å². The number of carbonyl (C=O) groups is 1. The van der Waals surface area contributed by atoms with Gasteiger partial charge in [-0.2, -0.15) is 0 Å². The zero-order valence-electron chi connectivity index (χ0n) is 8.53. The lowest BCUT2D eigenvalue weighted by molar-refractivity contribution is -0.147. The Hall–Kier alpha value is -0.870.